The van der Waals surface area contributed by atoms with Crippen LogP contribution in [-0.2, 0) is 0 Å². The molecule has 0 aromatic heterocycles. The highest BCUT2D eigenvalue weighted by molar-refractivity contribution is 7.99. The van der Waals surface area contributed by atoms with Crippen molar-refractivity contribution in [3.8, 4) is 0 Å². The number of nitrogens with zero attached hydrogens (tertiary/aromatic N) is 1. The Morgan fingerprint density at radius 2 is 1.83 bits per heavy atom. The number of hydrogen-bond acceptors (Lipinski definition) is 2. The van der Waals surface area contributed by atoms with Gasteiger partial charge in [0.25, 0.3) is 0 Å². The fraction of sp³-hybridized carbons (Fsp3) is 0.400. The molecular formula is C25H35FN2S. The number of thioether (sulfide) groups is 1. The molecule has 0 saturated heterocycles. The molecule has 0 atom stereocenters. The van der Waals surface area contributed by atoms with Crippen LogP contribution in [0.25, 0.3) is 10.8 Å². The van der Waals surface area contributed by atoms with Crippen molar-refractivity contribution >= 4 is 28.4 Å². The second-order valence-electron chi connectivity index (χ2n) is 6.30. The van der Waals surface area contributed by atoms with Crippen LogP contribution in [-0.4, -0.2) is 25.2 Å². The lowest BCUT2D eigenvalue weighted by molar-refractivity contribution is 0.650. The molecule has 0 bridgehead atoms. The first-order chi connectivity index (χ1) is 14.2. The van der Waals surface area contributed by atoms with E-state index in [0.29, 0.717) is 12.2 Å². The normalized spacial score (nSPS) is 12.6. The summed E-state index contributed by atoms with van der Waals surface area (Å²) < 4.78 is 14.8. The Labute approximate surface area is 180 Å². The summed E-state index contributed by atoms with van der Waals surface area (Å²) in [6, 6.07) is 14.6. The molecule has 1 N–H and O–H groups in total. The van der Waals surface area contributed by atoms with Crippen LogP contribution in [0, 0.1) is 0 Å². The van der Waals surface area contributed by atoms with Crippen molar-refractivity contribution in [2.75, 3.05) is 19.3 Å². The molecule has 0 amide bonds. The topological polar surface area (TPSA) is 24.4 Å². The quantitative estimate of drug-likeness (QED) is 0.198. The minimum absolute atomic E-state index is 0.149. The van der Waals surface area contributed by atoms with E-state index in [0.717, 1.165) is 30.8 Å². The van der Waals surface area contributed by atoms with Gasteiger partial charge in [0, 0.05) is 30.7 Å². The van der Waals surface area contributed by atoms with E-state index in [-0.39, 0.29) is 5.83 Å². The van der Waals surface area contributed by atoms with Gasteiger partial charge in [-0.05, 0) is 41.3 Å². The number of allylic oxidation sites excluding steroid dienone is 3. The Balaban J connectivity index is 0.00000204. The standard InChI is InChI=1S/C23H29FN2S.C2H6/c1-4-6-13-21(24)19(16-23(25-3)26-15-5-2)17-27-22-14-9-11-18-10-7-8-12-20(18)22;1-2/h6-14H,4-5,15-17H2,1-3H3,(H,25,26);1-2H3/b13-6-,21-19-;. The maximum atomic E-state index is 14.8. The Morgan fingerprint density at radius 3 is 2.52 bits per heavy atom. The molecule has 158 valence electrons. The van der Waals surface area contributed by atoms with Gasteiger partial charge < -0.3 is 5.32 Å². The number of halogens is 1. The van der Waals surface area contributed by atoms with E-state index < -0.39 is 0 Å². The van der Waals surface area contributed by atoms with Crippen LogP contribution in [0.5, 0.6) is 0 Å². The van der Waals surface area contributed by atoms with E-state index >= 15 is 0 Å². The molecular weight excluding hydrogens is 379 g/mol. The van der Waals surface area contributed by atoms with Crippen molar-refractivity contribution < 1.29 is 4.39 Å². The molecule has 0 aliphatic heterocycles. The predicted molar refractivity (Wildman–Crippen MR) is 130 cm³/mol. The first-order valence-electron chi connectivity index (χ1n) is 10.5. The SMILES string of the molecule is CC.CC/C=C\C(F)=C(\CSc1cccc2ccccc12)CC(=NC)NCCC. The van der Waals surface area contributed by atoms with Crippen molar-refractivity contribution in [3.63, 3.8) is 0 Å². The van der Waals surface area contributed by atoms with E-state index in [2.05, 4.69) is 47.6 Å². The van der Waals surface area contributed by atoms with Crippen LogP contribution in [0.15, 0.2) is 75.9 Å². The lowest BCUT2D eigenvalue weighted by Gasteiger charge is -2.13. The van der Waals surface area contributed by atoms with Gasteiger partial charge >= 0.3 is 0 Å². The molecule has 2 aromatic carbocycles. The number of rotatable bonds is 9. The molecule has 0 spiro atoms. The van der Waals surface area contributed by atoms with E-state index in [1.165, 1.54) is 15.7 Å². The highest BCUT2D eigenvalue weighted by Gasteiger charge is 2.11. The van der Waals surface area contributed by atoms with Gasteiger partial charge in [-0.1, -0.05) is 70.2 Å². The van der Waals surface area contributed by atoms with Gasteiger partial charge in [0.1, 0.15) is 11.7 Å². The van der Waals surface area contributed by atoms with Crippen LogP contribution < -0.4 is 5.32 Å². The lowest BCUT2D eigenvalue weighted by Crippen LogP contribution is -2.25. The summed E-state index contributed by atoms with van der Waals surface area (Å²) in [7, 11) is 1.76. The Morgan fingerprint density at radius 1 is 1.10 bits per heavy atom. The first kappa shape index (κ1) is 25.0. The van der Waals surface area contributed by atoms with Crippen LogP contribution in [0.2, 0.25) is 0 Å². The number of amidine groups is 1. The molecule has 4 heteroatoms. The van der Waals surface area contributed by atoms with Crippen molar-refractivity contribution in [2.45, 2.75) is 51.9 Å². The van der Waals surface area contributed by atoms with E-state index in [9.17, 15) is 4.39 Å². The highest BCUT2D eigenvalue weighted by atomic mass is 32.2. The predicted octanol–water partition coefficient (Wildman–Crippen LogP) is 7.57. The molecule has 0 fully saturated rings. The number of fused-ring (bicyclic) bond motifs is 1. The zero-order valence-corrected chi connectivity index (χ0v) is 19.3. The summed E-state index contributed by atoms with van der Waals surface area (Å²) >= 11 is 1.68. The van der Waals surface area contributed by atoms with Gasteiger partial charge in [0.05, 0.1) is 0 Å². The van der Waals surface area contributed by atoms with Crippen molar-refractivity contribution in [1.29, 1.82) is 0 Å². The third kappa shape index (κ3) is 8.45. The van der Waals surface area contributed by atoms with E-state index in [4.69, 9.17) is 0 Å². The third-order valence-corrected chi connectivity index (χ3v) is 5.38. The summed E-state index contributed by atoms with van der Waals surface area (Å²) in [6.07, 6.45) is 5.79. The Hall–Kier alpha value is -2.07. The number of aliphatic imine (C=N–C) groups is 1. The molecule has 2 rings (SSSR count). The molecule has 0 aliphatic carbocycles. The van der Waals surface area contributed by atoms with Crippen molar-refractivity contribution in [1.82, 2.24) is 5.32 Å². The van der Waals surface area contributed by atoms with Gasteiger partial charge in [-0.15, -0.1) is 11.8 Å². The van der Waals surface area contributed by atoms with Crippen molar-refractivity contribution in [2.24, 2.45) is 4.99 Å². The highest BCUT2D eigenvalue weighted by Crippen LogP contribution is 2.30. The molecule has 0 unspecified atom stereocenters. The summed E-state index contributed by atoms with van der Waals surface area (Å²) in [5, 5.41) is 5.72. The Bertz CT molecular complexity index is 819. The molecule has 0 heterocycles. The minimum Gasteiger partial charge on any atom is -0.374 e. The van der Waals surface area contributed by atoms with Gasteiger partial charge in [0.2, 0.25) is 0 Å². The fourth-order valence-corrected chi connectivity index (χ4v) is 3.81. The Kier molecular flexibility index (Phi) is 12.8. The van der Waals surface area contributed by atoms with Gasteiger partial charge in [-0.3, -0.25) is 4.99 Å². The molecule has 0 saturated carbocycles. The fourth-order valence-electron chi connectivity index (χ4n) is 2.72. The molecule has 0 radical (unpaired) electrons. The third-order valence-electron chi connectivity index (χ3n) is 4.22. The largest absolute Gasteiger partial charge is 0.374 e. The maximum Gasteiger partial charge on any atom is 0.123 e. The van der Waals surface area contributed by atoms with E-state index in [1.807, 2.05) is 39.0 Å². The summed E-state index contributed by atoms with van der Waals surface area (Å²) in [6.45, 7) is 8.97. The van der Waals surface area contributed by atoms with Crippen LogP contribution >= 0.6 is 11.8 Å². The lowest BCUT2D eigenvalue weighted by atomic mass is 10.1. The zero-order chi connectivity index (χ0) is 21.5. The average molecular weight is 415 g/mol. The number of benzene rings is 2. The average Bonchev–Trinajstić information content (AvgIpc) is 2.78. The van der Waals surface area contributed by atoms with Crippen LogP contribution in [0.4, 0.5) is 4.39 Å². The second kappa shape index (κ2) is 14.9. The maximum absolute atomic E-state index is 14.8. The monoisotopic (exact) mass is 414 g/mol. The van der Waals surface area contributed by atoms with Crippen LogP contribution in [0.3, 0.4) is 0 Å². The van der Waals surface area contributed by atoms with Crippen molar-refractivity contribution in [3.05, 3.63) is 66.0 Å². The second-order valence-corrected chi connectivity index (χ2v) is 7.32. The number of hydrogen-bond donors (Lipinski definition) is 1. The zero-order valence-electron chi connectivity index (χ0n) is 18.5. The first-order valence-corrected chi connectivity index (χ1v) is 11.5. The molecule has 29 heavy (non-hydrogen) atoms. The van der Waals surface area contributed by atoms with Gasteiger partial charge in [0.15, 0.2) is 0 Å². The van der Waals surface area contributed by atoms with Gasteiger partial charge in [-0.2, -0.15) is 0 Å². The minimum atomic E-state index is -0.149. The summed E-state index contributed by atoms with van der Waals surface area (Å²) in [5.74, 6) is 1.29. The van der Waals surface area contributed by atoms with Crippen LogP contribution in [0.1, 0.15) is 47.0 Å². The van der Waals surface area contributed by atoms with Gasteiger partial charge in [-0.25, -0.2) is 4.39 Å². The summed E-state index contributed by atoms with van der Waals surface area (Å²) in [5.41, 5.74) is 0.766. The molecule has 2 nitrogen and oxygen atoms in total. The molecule has 0 aliphatic rings. The molecule has 2 aromatic rings. The smallest absolute Gasteiger partial charge is 0.123 e. The summed E-state index contributed by atoms with van der Waals surface area (Å²) in [4.78, 5) is 5.48. The van der Waals surface area contributed by atoms with E-state index in [1.54, 1.807) is 24.9 Å². The number of nitrogens with one attached hydrogen (secondary N) is 1.